The largest absolute Gasteiger partial charge is 0.497 e. The number of benzene rings is 2. The molecule has 0 bridgehead atoms. The van der Waals surface area contributed by atoms with Crippen LogP contribution in [0.15, 0.2) is 45.6 Å². The molecule has 1 aliphatic rings. The predicted octanol–water partition coefficient (Wildman–Crippen LogP) is 4.46. The molecule has 0 spiro atoms. The number of carbonyl (C=O) groups is 2. The third kappa shape index (κ3) is 4.34. The van der Waals surface area contributed by atoms with Crippen molar-refractivity contribution in [3.8, 4) is 5.75 Å². The Hall–Kier alpha value is -3.32. The van der Waals surface area contributed by atoms with Gasteiger partial charge in [-0.05, 0) is 55.7 Å². The van der Waals surface area contributed by atoms with Crippen LogP contribution in [0.5, 0.6) is 5.75 Å². The summed E-state index contributed by atoms with van der Waals surface area (Å²) in [5.74, 6) is 0.369. The Morgan fingerprint density at radius 1 is 1.22 bits per heavy atom. The molecule has 1 aliphatic heterocycles. The van der Waals surface area contributed by atoms with Crippen LogP contribution in [0, 0.1) is 6.92 Å². The van der Waals surface area contributed by atoms with Crippen LogP contribution >= 0.6 is 11.6 Å². The van der Waals surface area contributed by atoms with Crippen molar-refractivity contribution in [2.45, 2.75) is 32.6 Å². The Morgan fingerprint density at radius 3 is 2.75 bits per heavy atom. The molecule has 4 rings (SSSR count). The maximum atomic E-state index is 12.6. The van der Waals surface area contributed by atoms with E-state index in [-0.39, 0.29) is 24.7 Å². The number of anilines is 2. The lowest BCUT2D eigenvalue weighted by atomic mass is 10.0. The number of fused-ring (bicyclic) bond motifs is 1. The van der Waals surface area contributed by atoms with Gasteiger partial charge in [0.25, 0.3) is 0 Å². The van der Waals surface area contributed by atoms with Gasteiger partial charge in [-0.2, -0.15) is 0 Å². The molecular formula is C24H23ClN2O5. The molecule has 0 saturated carbocycles. The van der Waals surface area contributed by atoms with Gasteiger partial charge in [0.1, 0.15) is 11.3 Å². The van der Waals surface area contributed by atoms with Crippen molar-refractivity contribution in [1.82, 2.24) is 0 Å². The number of hydrogen-bond acceptors (Lipinski definition) is 5. The first kappa shape index (κ1) is 21.9. The fourth-order valence-electron chi connectivity index (χ4n) is 3.94. The molecule has 1 aromatic heterocycles. The zero-order valence-corrected chi connectivity index (χ0v) is 18.6. The van der Waals surface area contributed by atoms with Crippen LogP contribution in [-0.4, -0.2) is 25.5 Å². The summed E-state index contributed by atoms with van der Waals surface area (Å²) in [6, 6.07) is 10.4. The second kappa shape index (κ2) is 9.04. The molecular weight excluding hydrogens is 432 g/mol. The number of halogens is 1. The number of nitrogens with zero attached hydrogens (tertiary/aromatic N) is 1. The standard InChI is InChI=1S/C24H23ClN2O5/c1-14-17-7-6-16(31-2)13-21(17)32-24(30)18(14)8-10-22(28)26-20-12-15(5-9-19(20)25)27-11-3-4-23(27)29/h5-7,9,12-13H,3-4,8,10-11H2,1-2H3,(H,26,28). The number of aryl methyl sites for hydroxylation is 1. The van der Waals surface area contributed by atoms with E-state index in [9.17, 15) is 14.4 Å². The smallest absolute Gasteiger partial charge is 0.339 e. The molecule has 8 heteroatoms. The van der Waals surface area contributed by atoms with Crippen LogP contribution in [0.1, 0.15) is 30.4 Å². The van der Waals surface area contributed by atoms with Gasteiger partial charge < -0.3 is 19.4 Å². The zero-order chi connectivity index (χ0) is 22.8. The van der Waals surface area contributed by atoms with Gasteiger partial charge in [-0.3, -0.25) is 9.59 Å². The first-order chi connectivity index (χ1) is 15.4. The van der Waals surface area contributed by atoms with E-state index in [0.717, 1.165) is 17.4 Å². The van der Waals surface area contributed by atoms with E-state index < -0.39 is 5.63 Å². The van der Waals surface area contributed by atoms with Crippen LogP contribution in [0.4, 0.5) is 11.4 Å². The topological polar surface area (TPSA) is 88.9 Å². The van der Waals surface area contributed by atoms with Crippen LogP contribution in [0.2, 0.25) is 5.02 Å². The molecule has 3 aromatic rings. The molecule has 0 atom stereocenters. The first-order valence-electron chi connectivity index (χ1n) is 10.4. The minimum absolute atomic E-state index is 0.0562. The van der Waals surface area contributed by atoms with E-state index in [0.29, 0.717) is 46.3 Å². The van der Waals surface area contributed by atoms with Crippen LogP contribution in [0.3, 0.4) is 0 Å². The van der Waals surface area contributed by atoms with Crippen molar-refractivity contribution in [1.29, 1.82) is 0 Å². The SMILES string of the molecule is COc1ccc2c(C)c(CCC(=O)Nc3cc(N4CCCC4=O)ccc3Cl)c(=O)oc2c1. The van der Waals surface area contributed by atoms with E-state index in [4.69, 9.17) is 20.8 Å². The van der Waals surface area contributed by atoms with E-state index in [1.54, 1.807) is 42.3 Å². The fourth-order valence-corrected chi connectivity index (χ4v) is 4.10. The zero-order valence-electron chi connectivity index (χ0n) is 17.9. The summed E-state index contributed by atoms with van der Waals surface area (Å²) < 4.78 is 10.6. The predicted molar refractivity (Wildman–Crippen MR) is 124 cm³/mol. The quantitative estimate of drug-likeness (QED) is 0.555. The van der Waals surface area contributed by atoms with Crippen LogP contribution < -0.4 is 20.6 Å². The molecule has 2 aromatic carbocycles. The molecule has 1 saturated heterocycles. The summed E-state index contributed by atoms with van der Waals surface area (Å²) in [5.41, 5.74) is 2.35. The van der Waals surface area contributed by atoms with Crippen molar-refractivity contribution in [3.05, 3.63) is 63.0 Å². The number of hydrogen-bond donors (Lipinski definition) is 1. The molecule has 166 valence electrons. The Labute approximate surface area is 189 Å². The molecule has 0 unspecified atom stereocenters. The number of nitrogens with one attached hydrogen (secondary N) is 1. The van der Waals surface area contributed by atoms with Crippen molar-refractivity contribution < 1.29 is 18.7 Å². The fraction of sp³-hybridized carbons (Fsp3) is 0.292. The number of rotatable bonds is 6. The Kier molecular flexibility index (Phi) is 6.19. The molecule has 0 aliphatic carbocycles. The number of amides is 2. The molecule has 2 heterocycles. The summed E-state index contributed by atoms with van der Waals surface area (Å²) in [7, 11) is 1.55. The molecule has 2 amide bonds. The average molecular weight is 455 g/mol. The lowest BCUT2D eigenvalue weighted by Gasteiger charge is -2.17. The van der Waals surface area contributed by atoms with E-state index in [2.05, 4.69) is 5.32 Å². The van der Waals surface area contributed by atoms with E-state index in [1.165, 1.54) is 0 Å². The normalized spacial score (nSPS) is 13.6. The lowest BCUT2D eigenvalue weighted by molar-refractivity contribution is -0.117. The molecule has 1 fully saturated rings. The lowest BCUT2D eigenvalue weighted by Crippen LogP contribution is -2.24. The highest BCUT2D eigenvalue weighted by molar-refractivity contribution is 6.33. The molecule has 1 N–H and O–H groups in total. The monoisotopic (exact) mass is 454 g/mol. The Bertz CT molecular complexity index is 1270. The van der Waals surface area contributed by atoms with Gasteiger partial charge in [0.05, 0.1) is 17.8 Å². The minimum Gasteiger partial charge on any atom is -0.497 e. The van der Waals surface area contributed by atoms with Gasteiger partial charge in [-0.15, -0.1) is 0 Å². The van der Waals surface area contributed by atoms with Crippen molar-refractivity contribution >= 4 is 45.8 Å². The van der Waals surface area contributed by atoms with Crippen LogP contribution in [-0.2, 0) is 16.0 Å². The van der Waals surface area contributed by atoms with Gasteiger partial charge in [-0.25, -0.2) is 4.79 Å². The summed E-state index contributed by atoms with van der Waals surface area (Å²) >= 11 is 6.25. The third-order valence-electron chi connectivity index (χ3n) is 5.71. The summed E-state index contributed by atoms with van der Waals surface area (Å²) in [5, 5.41) is 3.97. The molecule has 0 radical (unpaired) electrons. The van der Waals surface area contributed by atoms with Crippen LogP contribution in [0.25, 0.3) is 11.0 Å². The van der Waals surface area contributed by atoms with Gasteiger partial charge in [-0.1, -0.05) is 11.6 Å². The highest BCUT2D eigenvalue weighted by Crippen LogP contribution is 2.30. The first-order valence-corrected chi connectivity index (χ1v) is 10.8. The average Bonchev–Trinajstić information content (AvgIpc) is 3.20. The van der Waals surface area contributed by atoms with Gasteiger partial charge in [0.2, 0.25) is 11.8 Å². The molecule has 7 nitrogen and oxygen atoms in total. The molecule has 32 heavy (non-hydrogen) atoms. The Morgan fingerprint density at radius 2 is 2.03 bits per heavy atom. The second-order valence-electron chi connectivity index (χ2n) is 7.72. The van der Waals surface area contributed by atoms with Crippen molar-refractivity contribution in [3.63, 3.8) is 0 Å². The van der Waals surface area contributed by atoms with Gasteiger partial charge in [0, 0.05) is 42.1 Å². The highest BCUT2D eigenvalue weighted by Gasteiger charge is 2.22. The van der Waals surface area contributed by atoms with E-state index in [1.807, 2.05) is 13.0 Å². The summed E-state index contributed by atoms with van der Waals surface area (Å²) in [6.45, 7) is 2.49. The number of carbonyl (C=O) groups excluding carboxylic acids is 2. The van der Waals surface area contributed by atoms with E-state index >= 15 is 0 Å². The maximum absolute atomic E-state index is 12.6. The second-order valence-corrected chi connectivity index (χ2v) is 8.12. The van der Waals surface area contributed by atoms with Crippen molar-refractivity contribution in [2.24, 2.45) is 0 Å². The maximum Gasteiger partial charge on any atom is 0.339 e. The highest BCUT2D eigenvalue weighted by atomic mass is 35.5. The summed E-state index contributed by atoms with van der Waals surface area (Å²) in [6.07, 6.45) is 1.63. The number of methoxy groups -OCH3 is 1. The van der Waals surface area contributed by atoms with Crippen molar-refractivity contribution in [2.75, 3.05) is 23.9 Å². The minimum atomic E-state index is -0.469. The third-order valence-corrected chi connectivity index (χ3v) is 6.04. The number of ether oxygens (including phenoxy) is 1. The van der Waals surface area contributed by atoms with Gasteiger partial charge >= 0.3 is 5.63 Å². The summed E-state index contributed by atoms with van der Waals surface area (Å²) in [4.78, 5) is 38.8. The van der Waals surface area contributed by atoms with Gasteiger partial charge in [0.15, 0.2) is 0 Å². The Balaban J connectivity index is 1.49.